The highest BCUT2D eigenvalue weighted by Crippen LogP contribution is 2.26. The second-order valence-electron chi connectivity index (χ2n) is 5.80. The lowest BCUT2D eigenvalue weighted by molar-refractivity contribution is 0.531. The van der Waals surface area contributed by atoms with E-state index in [0.717, 1.165) is 11.8 Å². The van der Waals surface area contributed by atoms with E-state index in [1.165, 1.54) is 57.8 Å². The lowest BCUT2D eigenvalue weighted by atomic mass is 10.1. The molecule has 0 unspecified atom stereocenters. The highest BCUT2D eigenvalue weighted by Gasteiger charge is 2.11. The van der Waals surface area contributed by atoms with Gasteiger partial charge in [-0.05, 0) is 11.8 Å². The Kier molecular flexibility index (Phi) is 122. The third-order valence-corrected chi connectivity index (χ3v) is 3.19. The molecule has 27 heavy (non-hydrogen) atoms. The van der Waals surface area contributed by atoms with Crippen LogP contribution in [0.3, 0.4) is 0 Å². The maximum absolute atomic E-state index is 2.30. The SMILES string of the molecule is CC.CC.CC.CC.CC.CCC.CCC1CCCC1.CCCCC(C)C. The normalized spacial score (nSPS) is 10.6. The predicted octanol–water partition coefficient (Wildman–Crippen LogP) is 12.0. The van der Waals surface area contributed by atoms with Crippen LogP contribution in [-0.4, -0.2) is 0 Å². The number of unbranched alkanes of at least 4 members (excludes halogenated alkanes) is 1. The molecule has 0 spiro atoms. The Morgan fingerprint density at radius 1 is 0.630 bits per heavy atom. The van der Waals surface area contributed by atoms with E-state index < -0.39 is 0 Å². The summed E-state index contributed by atoms with van der Waals surface area (Å²) in [4.78, 5) is 0. The van der Waals surface area contributed by atoms with Gasteiger partial charge in [-0.2, -0.15) is 0 Å². The van der Waals surface area contributed by atoms with Crippen molar-refractivity contribution in [3.05, 3.63) is 0 Å². The number of hydrogen-bond donors (Lipinski definition) is 0. The monoisotopic (exact) mass is 393 g/mol. The van der Waals surface area contributed by atoms with Crippen LogP contribution in [-0.2, 0) is 0 Å². The first-order valence-electron chi connectivity index (χ1n) is 13.1. The average Bonchev–Trinajstić information content (AvgIpc) is 3.29. The summed E-state index contributed by atoms with van der Waals surface area (Å²) in [7, 11) is 0. The van der Waals surface area contributed by atoms with Crippen molar-refractivity contribution in [3.63, 3.8) is 0 Å². The van der Waals surface area contributed by atoms with E-state index in [9.17, 15) is 0 Å². The molecule has 0 aliphatic heterocycles. The number of rotatable bonds is 4. The zero-order valence-corrected chi connectivity index (χ0v) is 23.5. The van der Waals surface area contributed by atoms with Gasteiger partial charge in [0.15, 0.2) is 0 Å². The highest BCUT2D eigenvalue weighted by molar-refractivity contribution is 4.64. The van der Waals surface area contributed by atoms with Gasteiger partial charge in [-0.1, -0.05) is 169 Å². The van der Waals surface area contributed by atoms with E-state index in [2.05, 4.69) is 41.5 Å². The Labute approximate surface area is 180 Å². The molecule has 1 saturated carbocycles. The predicted molar refractivity (Wildman–Crippen MR) is 139 cm³/mol. The van der Waals surface area contributed by atoms with Gasteiger partial charge in [0, 0.05) is 0 Å². The third-order valence-electron chi connectivity index (χ3n) is 3.19. The molecule has 0 amide bonds. The van der Waals surface area contributed by atoms with Gasteiger partial charge in [0.2, 0.25) is 0 Å². The Morgan fingerprint density at radius 2 is 0.926 bits per heavy atom. The molecule has 0 aromatic heterocycles. The molecule has 0 aromatic rings. The van der Waals surface area contributed by atoms with E-state index >= 15 is 0 Å². The van der Waals surface area contributed by atoms with Crippen molar-refractivity contribution in [2.24, 2.45) is 11.8 Å². The molecule has 0 atom stereocenters. The van der Waals surface area contributed by atoms with Crippen molar-refractivity contribution >= 4 is 0 Å². The molecule has 0 saturated heterocycles. The molecule has 0 bridgehead atoms. The third kappa shape index (κ3) is 88.6. The minimum absolute atomic E-state index is 0.903. The van der Waals surface area contributed by atoms with Gasteiger partial charge in [0.1, 0.15) is 0 Å². The van der Waals surface area contributed by atoms with Crippen LogP contribution >= 0.6 is 0 Å². The van der Waals surface area contributed by atoms with Crippen LogP contribution in [0.4, 0.5) is 0 Å². The fourth-order valence-corrected chi connectivity index (χ4v) is 2.03. The van der Waals surface area contributed by atoms with Gasteiger partial charge in [-0.3, -0.25) is 0 Å². The van der Waals surface area contributed by atoms with Crippen LogP contribution in [0.25, 0.3) is 0 Å². The van der Waals surface area contributed by atoms with Crippen molar-refractivity contribution in [2.75, 3.05) is 0 Å². The molecule has 1 rings (SSSR count). The topological polar surface area (TPSA) is 0 Å². The molecule has 0 radical (unpaired) electrons. The van der Waals surface area contributed by atoms with Gasteiger partial charge in [-0.25, -0.2) is 0 Å². The second kappa shape index (κ2) is 72.2. The number of hydrogen-bond acceptors (Lipinski definition) is 0. The van der Waals surface area contributed by atoms with Crippen LogP contribution in [0.1, 0.15) is 169 Å². The molecule has 0 aromatic carbocycles. The van der Waals surface area contributed by atoms with E-state index in [0.29, 0.717) is 0 Å². The standard InChI is InChI=1S/C7H14.C7H16.C3H8.5C2H6/c1-2-7-5-3-4-6-7;1-4-5-6-7(2)3;1-3-2;5*1-2/h7H,2-6H2,1H3;7H,4-6H2,1-3H3;3H2,1-2H3;5*1-2H3. The van der Waals surface area contributed by atoms with E-state index in [1.807, 2.05) is 69.2 Å². The molecule has 0 heteroatoms. The summed E-state index contributed by atoms with van der Waals surface area (Å²) in [6, 6.07) is 0. The van der Waals surface area contributed by atoms with Crippen LogP contribution in [0, 0.1) is 11.8 Å². The van der Waals surface area contributed by atoms with Crippen molar-refractivity contribution in [1.82, 2.24) is 0 Å². The van der Waals surface area contributed by atoms with E-state index in [1.54, 1.807) is 0 Å². The van der Waals surface area contributed by atoms with Crippen LogP contribution in [0.5, 0.6) is 0 Å². The van der Waals surface area contributed by atoms with E-state index in [4.69, 9.17) is 0 Å². The molecule has 0 N–H and O–H groups in total. The molecule has 0 nitrogen and oxygen atoms in total. The van der Waals surface area contributed by atoms with Crippen LogP contribution in [0.15, 0.2) is 0 Å². The van der Waals surface area contributed by atoms with Crippen LogP contribution in [0.2, 0.25) is 0 Å². The molecule has 176 valence electrons. The van der Waals surface area contributed by atoms with Crippen molar-refractivity contribution in [2.45, 2.75) is 169 Å². The lowest BCUT2D eigenvalue weighted by Gasteiger charge is -1.99. The minimum atomic E-state index is 0.903. The summed E-state index contributed by atoms with van der Waals surface area (Å²) in [5.74, 6) is 2.00. The summed E-state index contributed by atoms with van der Waals surface area (Å²) in [6.07, 6.45) is 12.8. The summed E-state index contributed by atoms with van der Waals surface area (Å²) in [6.45, 7) is 33.3. The van der Waals surface area contributed by atoms with Crippen molar-refractivity contribution in [3.8, 4) is 0 Å². The first-order valence-corrected chi connectivity index (χ1v) is 13.1. The van der Waals surface area contributed by atoms with Gasteiger partial charge >= 0.3 is 0 Å². The van der Waals surface area contributed by atoms with Crippen molar-refractivity contribution < 1.29 is 0 Å². The zero-order valence-electron chi connectivity index (χ0n) is 23.5. The molecule has 1 aliphatic rings. The quantitative estimate of drug-likeness (QED) is 0.446. The van der Waals surface area contributed by atoms with Gasteiger partial charge in [-0.15, -0.1) is 0 Å². The summed E-state index contributed by atoms with van der Waals surface area (Å²) in [5, 5.41) is 0. The summed E-state index contributed by atoms with van der Waals surface area (Å²) in [5.41, 5.74) is 0. The highest BCUT2D eigenvalue weighted by atomic mass is 14.2. The van der Waals surface area contributed by atoms with E-state index in [-0.39, 0.29) is 0 Å². The van der Waals surface area contributed by atoms with Gasteiger partial charge in [0.05, 0.1) is 0 Å². The summed E-state index contributed by atoms with van der Waals surface area (Å²) < 4.78 is 0. The average molecular weight is 393 g/mol. The fraction of sp³-hybridized carbons (Fsp3) is 1.00. The van der Waals surface area contributed by atoms with Crippen molar-refractivity contribution in [1.29, 1.82) is 0 Å². The Balaban J connectivity index is -0.0000000373. The maximum atomic E-state index is 2.30. The van der Waals surface area contributed by atoms with Gasteiger partial charge < -0.3 is 0 Å². The fourth-order valence-electron chi connectivity index (χ4n) is 2.03. The van der Waals surface area contributed by atoms with Crippen LogP contribution < -0.4 is 0 Å². The maximum Gasteiger partial charge on any atom is -0.0417 e. The second-order valence-corrected chi connectivity index (χ2v) is 5.80. The lowest BCUT2D eigenvalue weighted by Crippen LogP contribution is -1.86. The Hall–Kier alpha value is 0. The summed E-state index contributed by atoms with van der Waals surface area (Å²) >= 11 is 0. The molecule has 1 aliphatic carbocycles. The Morgan fingerprint density at radius 3 is 1.04 bits per heavy atom. The molecular weight excluding hydrogens is 324 g/mol. The zero-order chi connectivity index (χ0) is 23.5. The largest absolute Gasteiger partial charge is 0.0683 e. The first kappa shape index (κ1) is 45.6. The molecule has 1 fully saturated rings. The minimum Gasteiger partial charge on any atom is -0.0683 e. The Bertz CT molecular complexity index is 109. The molecular formula is C27H68. The first-order chi connectivity index (χ1) is 13.1. The molecule has 0 heterocycles. The van der Waals surface area contributed by atoms with Gasteiger partial charge in [0.25, 0.3) is 0 Å². The smallest absolute Gasteiger partial charge is 0.0417 e.